The number of para-hydroxylation sites is 3. The van der Waals surface area contributed by atoms with Gasteiger partial charge in [0.1, 0.15) is 11.2 Å². The molecular weight excluding hydrogens is 810 g/mol. The molecule has 0 aliphatic carbocycles. The van der Waals surface area contributed by atoms with Crippen LogP contribution in [0.2, 0.25) is 0 Å². The van der Waals surface area contributed by atoms with Gasteiger partial charge >= 0.3 is 24.7 Å². The number of rotatable bonds is 4. The number of benzene rings is 7. The molecule has 7 aromatic carbocycles. The van der Waals surface area contributed by atoms with Crippen molar-refractivity contribution in [3.63, 3.8) is 0 Å². The smallest absolute Gasteiger partial charge is 0.416 e. The van der Waals surface area contributed by atoms with Crippen LogP contribution in [0.4, 0.5) is 52.7 Å². The van der Waals surface area contributed by atoms with Crippen LogP contribution in [0.15, 0.2) is 144 Å². The van der Waals surface area contributed by atoms with Gasteiger partial charge in [-0.2, -0.15) is 52.7 Å². The van der Waals surface area contributed by atoms with E-state index in [9.17, 15) is 52.7 Å². The highest BCUT2D eigenvalue weighted by Gasteiger charge is 2.38. The molecule has 0 N–H and O–H groups in total. The zero-order valence-electron chi connectivity index (χ0n) is 30.2. The van der Waals surface area contributed by atoms with E-state index in [1.165, 1.54) is 36.4 Å². The van der Waals surface area contributed by atoms with E-state index in [-0.39, 0.29) is 34.0 Å². The van der Waals surface area contributed by atoms with Gasteiger partial charge in [-0.3, -0.25) is 0 Å². The van der Waals surface area contributed by atoms with E-state index in [2.05, 4.69) is 0 Å². The standard InChI is InChI=1S/C46H23F12NO/c47-43(48,49)28-16-26(17-29(22-28)44(50,51)52)24-12-14-39-36(20-24)37-21-25(27-18-30(45(53,54)55)23-31(19-27)46(56,57)58)13-15-40(37)59(39)38-10-3-1-6-32(38)34-8-5-9-35-33-7-2-4-11-41(33)60-42(34)35/h1-23H. The molecule has 0 unspecified atom stereocenters. The number of alkyl halides is 12. The molecule has 0 spiro atoms. The molecule has 60 heavy (non-hydrogen) atoms. The van der Waals surface area contributed by atoms with Crippen LogP contribution in [0.1, 0.15) is 22.3 Å². The summed E-state index contributed by atoms with van der Waals surface area (Å²) in [7, 11) is 0. The molecule has 0 radical (unpaired) electrons. The van der Waals surface area contributed by atoms with Gasteiger partial charge in [-0.15, -0.1) is 0 Å². The van der Waals surface area contributed by atoms with E-state index in [0.717, 1.165) is 10.8 Å². The molecule has 0 saturated heterocycles. The predicted molar refractivity (Wildman–Crippen MR) is 204 cm³/mol. The van der Waals surface area contributed by atoms with E-state index < -0.39 is 58.1 Å². The van der Waals surface area contributed by atoms with E-state index >= 15 is 0 Å². The second-order valence-electron chi connectivity index (χ2n) is 14.2. The van der Waals surface area contributed by atoms with Crippen molar-refractivity contribution in [2.24, 2.45) is 0 Å². The Morgan fingerprint density at radius 2 is 0.783 bits per heavy atom. The Bertz CT molecular complexity index is 2960. The minimum Gasteiger partial charge on any atom is -0.455 e. The lowest BCUT2D eigenvalue weighted by Gasteiger charge is -2.16. The molecular formula is C46H23F12NO. The predicted octanol–water partition coefficient (Wildman–Crippen LogP) is 15.8. The van der Waals surface area contributed by atoms with Crippen LogP contribution in [0.25, 0.3) is 82.8 Å². The summed E-state index contributed by atoms with van der Waals surface area (Å²) in [5.41, 5.74) is -3.43. The van der Waals surface area contributed by atoms with Crippen LogP contribution >= 0.6 is 0 Å². The fourth-order valence-corrected chi connectivity index (χ4v) is 7.74. The number of nitrogens with zero attached hydrogens (tertiary/aromatic N) is 1. The molecule has 2 aromatic heterocycles. The Labute approximate surface area is 330 Å². The first-order chi connectivity index (χ1) is 28.3. The lowest BCUT2D eigenvalue weighted by Crippen LogP contribution is -2.11. The average Bonchev–Trinajstić information content (AvgIpc) is 3.74. The van der Waals surface area contributed by atoms with Gasteiger partial charge < -0.3 is 8.98 Å². The van der Waals surface area contributed by atoms with Crippen LogP contribution in [-0.4, -0.2) is 4.57 Å². The molecule has 0 bridgehead atoms. The van der Waals surface area contributed by atoms with Crippen molar-refractivity contribution in [2.75, 3.05) is 0 Å². The van der Waals surface area contributed by atoms with Crippen molar-refractivity contribution in [3.05, 3.63) is 162 Å². The third-order valence-electron chi connectivity index (χ3n) is 10.4. The molecule has 302 valence electrons. The maximum absolute atomic E-state index is 13.9. The molecule has 2 heterocycles. The van der Waals surface area contributed by atoms with Gasteiger partial charge in [0, 0.05) is 32.7 Å². The first kappa shape index (κ1) is 38.8. The largest absolute Gasteiger partial charge is 0.455 e. The van der Waals surface area contributed by atoms with E-state index in [4.69, 9.17) is 4.42 Å². The van der Waals surface area contributed by atoms with Gasteiger partial charge in [0.25, 0.3) is 0 Å². The van der Waals surface area contributed by atoms with Crippen molar-refractivity contribution in [2.45, 2.75) is 24.7 Å². The molecule has 0 atom stereocenters. The highest BCUT2D eigenvalue weighted by molar-refractivity contribution is 6.13. The molecule has 0 saturated carbocycles. The van der Waals surface area contributed by atoms with Gasteiger partial charge in [0.15, 0.2) is 0 Å². The fraction of sp³-hybridized carbons (Fsp3) is 0.0870. The molecule has 0 amide bonds. The molecule has 14 heteroatoms. The van der Waals surface area contributed by atoms with Gasteiger partial charge in [-0.05, 0) is 95.1 Å². The third-order valence-corrected chi connectivity index (χ3v) is 10.4. The normalized spacial score (nSPS) is 13.0. The Morgan fingerprint density at radius 1 is 0.350 bits per heavy atom. The van der Waals surface area contributed by atoms with Crippen molar-refractivity contribution in [1.82, 2.24) is 4.57 Å². The average molecular weight is 834 g/mol. The number of halogens is 12. The summed E-state index contributed by atoms with van der Waals surface area (Å²) in [6.07, 6.45) is -20.6. The summed E-state index contributed by atoms with van der Waals surface area (Å²) < 4.78 is 175. The Kier molecular flexibility index (Phi) is 8.67. The number of furan rings is 1. The van der Waals surface area contributed by atoms with Gasteiger partial charge in [0.2, 0.25) is 0 Å². The maximum atomic E-state index is 13.9. The van der Waals surface area contributed by atoms with Crippen molar-refractivity contribution in [1.29, 1.82) is 0 Å². The van der Waals surface area contributed by atoms with E-state index in [0.29, 0.717) is 63.3 Å². The lowest BCUT2D eigenvalue weighted by atomic mass is 9.96. The molecule has 2 nitrogen and oxygen atoms in total. The monoisotopic (exact) mass is 833 g/mol. The first-order valence-corrected chi connectivity index (χ1v) is 17.9. The summed E-state index contributed by atoms with van der Waals surface area (Å²) in [5, 5.41) is 2.13. The second-order valence-corrected chi connectivity index (χ2v) is 14.2. The maximum Gasteiger partial charge on any atom is 0.416 e. The Morgan fingerprint density at radius 3 is 1.28 bits per heavy atom. The fourth-order valence-electron chi connectivity index (χ4n) is 7.74. The van der Waals surface area contributed by atoms with Gasteiger partial charge in [0.05, 0.1) is 39.0 Å². The number of fused-ring (bicyclic) bond motifs is 6. The SMILES string of the molecule is FC(F)(F)c1cc(-c2ccc3c(c2)c2cc(-c4cc(C(F)(F)F)cc(C(F)(F)F)c4)ccc2n3-c2ccccc2-c2cccc3c2oc2ccccc23)cc(C(F)(F)F)c1. The topological polar surface area (TPSA) is 18.1 Å². The summed E-state index contributed by atoms with van der Waals surface area (Å²) in [6.45, 7) is 0. The quantitative estimate of drug-likeness (QED) is 0.162. The van der Waals surface area contributed by atoms with Crippen LogP contribution in [0.5, 0.6) is 0 Å². The van der Waals surface area contributed by atoms with E-state index in [1.54, 1.807) is 22.8 Å². The number of hydrogen-bond donors (Lipinski definition) is 0. The molecule has 0 aliphatic rings. The van der Waals surface area contributed by atoms with Crippen LogP contribution in [0, 0.1) is 0 Å². The van der Waals surface area contributed by atoms with Gasteiger partial charge in [-0.1, -0.05) is 66.7 Å². The van der Waals surface area contributed by atoms with Gasteiger partial charge in [-0.25, -0.2) is 0 Å². The lowest BCUT2D eigenvalue weighted by molar-refractivity contribution is -0.144. The summed E-state index contributed by atoms with van der Waals surface area (Å²) in [5.74, 6) is 0. The first-order valence-electron chi connectivity index (χ1n) is 17.9. The minimum atomic E-state index is -5.14. The molecule has 0 aliphatic heterocycles. The summed E-state index contributed by atoms with van der Waals surface area (Å²) >= 11 is 0. The minimum absolute atomic E-state index is 0.00391. The Balaban J connectivity index is 1.33. The van der Waals surface area contributed by atoms with Crippen molar-refractivity contribution >= 4 is 43.7 Å². The summed E-state index contributed by atoms with van der Waals surface area (Å²) in [4.78, 5) is 0. The van der Waals surface area contributed by atoms with Crippen molar-refractivity contribution in [3.8, 4) is 39.1 Å². The molecule has 9 aromatic rings. The van der Waals surface area contributed by atoms with Crippen LogP contribution < -0.4 is 0 Å². The number of hydrogen-bond acceptors (Lipinski definition) is 1. The zero-order chi connectivity index (χ0) is 42.5. The van der Waals surface area contributed by atoms with Crippen LogP contribution in [0.3, 0.4) is 0 Å². The number of aromatic nitrogens is 1. The zero-order valence-corrected chi connectivity index (χ0v) is 30.2. The molecule has 9 rings (SSSR count). The summed E-state index contributed by atoms with van der Waals surface area (Å²) in [6, 6.07) is 30.8. The molecule has 0 fully saturated rings. The third kappa shape index (κ3) is 6.69. The second kappa shape index (κ2) is 13.4. The van der Waals surface area contributed by atoms with Crippen LogP contribution in [-0.2, 0) is 24.7 Å². The van der Waals surface area contributed by atoms with E-state index in [1.807, 2.05) is 48.5 Å². The highest BCUT2D eigenvalue weighted by Crippen LogP contribution is 2.45. The van der Waals surface area contributed by atoms with Crippen molar-refractivity contribution < 1.29 is 57.1 Å². The Hall–Kier alpha value is -6.70. The highest BCUT2D eigenvalue weighted by atomic mass is 19.4.